The quantitative estimate of drug-likeness (QED) is 0.115. The van der Waals surface area contributed by atoms with Gasteiger partial charge in [-0.1, -0.05) is 83.9 Å². The third-order valence-electron chi connectivity index (χ3n) is 9.98. The van der Waals surface area contributed by atoms with Crippen LogP contribution in [0.3, 0.4) is 0 Å². The summed E-state index contributed by atoms with van der Waals surface area (Å²) in [5.41, 5.74) is 11.4. The Kier molecular flexibility index (Phi) is 11.3. The van der Waals surface area contributed by atoms with E-state index in [1.54, 1.807) is 0 Å². The van der Waals surface area contributed by atoms with Crippen molar-refractivity contribution in [3.63, 3.8) is 0 Å². The first kappa shape index (κ1) is 36.9. The molecule has 0 fully saturated rings. The number of hydrogen-bond acceptors (Lipinski definition) is 4. The molecule has 0 unspecified atom stereocenters. The van der Waals surface area contributed by atoms with Crippen LogP contribution in [0.4, 0.5) is 0 Å². The van der Waals surface area contributed by atoms with Gasteiger partial charge in [0.1, 0.15) is 0 Å². The van der Waals surface area contributed by atoms with Crippen LogP contribution in [0.2, 0.25) is 10.0 Å². The summed E-state index contributed by atoms with van der Waals surface area (Å²) >= 11 is 12.6. The molecule has 0 saturated heterocycles. The predicted molar refractivity (Wildman–Crippen MR) is 225 cm³/mol. The van der Waals surface area contributed by atoms with Crippen molar-refractivity contribution >= 4 is 79.2 Å². The zero-order valence-corrected chi connectivity index (χ0v) is 32.3. The summed E-state index contributed by atoms with van der Waals surface area (Å²) in [6, 6.07) is 38.0. The highest BCUT2D eigenvalue weighted by Crippen LogP contribution is 2.33. The van der Waals surface area contributed by atoms with Gasteiger partial charge in [0.2, 0.25) is 0 Å². The van der Waals surface area contributed by atoms with Crippen LogP contribution in [0.25, 0.3) is 43.6 Å². The number of aromatic nitrogens is 4. The highest BCUT2D eigenvalue weighted by molar-refractivity contribution is 6.31. The maximum Gasteiger partial charge on any atom is 0.0711 e. The number of rotatable bonds is 13. The van der Waals surface area contributed by atoms with Crippen LogP contribution < -0.4 is 10.6 Å². The van der Waals surface area contributed by atoms with Crippen LogP contribution in [0.5, 0.6) is 0 Å². The molecular weight excluding hydrogens is 719 g/mol. The van der Waals surface area contributed by atoms with Crippen molar-refractivity contribution in [3.8, 4) is 0 Å². The number of nitrogens with one attached hydrogen (secondary N) is 2. The first-order valence-electron chi connectivity index (χ1n) is 18.1. The lowest BCUT2D eigenvalue weighted by Gasteiger charge is -2.11. The third-order valence-corrected chi connectivity index (χ3v) is 10.4. The Hall–Kier alpha value is -4.43. The maximum absolute atomic E-state index is 6.32. The SMILES string of the molecule is Cc1nc(CNCCCCNCc2cc3c4ccccc4n(Cc4cccc(Cl)c4)c3c(C)n2)cc2c3ccccc3n(Cc3cccc(Cl)c3)c12.Cl. The number of aryl methyl sites for hydroxylation is 2. The lowest BCUT2D eigenvalue weighted by atomic mass is 10.1. The minimum Gasteiger partial charge on any atom is -0.334 e. The molecule has 6 nitrogen and oxygen atoms in total. The highest BCUT2D eigenvalue weighted by Gasteiger charge is 2.17. The lowest BCUT2D eigenvalue weighted by molar-refractivity contribution is 0.576. The van der Waals surface area contributed by atoms with E-state index in [0.29, 0.717) is 0 Å². The lowest BCUT2D eigenvalue weighted by Crippen LogP contribution is -2.19. The average molecular weight is 762 g/mol. The number of hydrogen-bond donors (Lipinski definition) is 2. The van der Waals surface area contributed by atoms with Gasteiger partial charge in [-0.2, -0.15) is 0 Å². The highest BCUT2D eigenvalue weighted by atomic mass is 35.5. The maximum atomic E-state index is 6.32. The summed E-state index contributed by atoms with van der Waals surface area (Å²) in [6.45, 7) is 9.10. The number of fused-ring (bicyclic) bond motifs is 6. The van der Waals surface area contributed by atoms with E-state index in [4.69, 9.17) is 33.2 Å². The Morgan fingerprint density at radius 3 is 1.40 bits per heavy atom. The number of para-hydroxylation sites is 2. The van der Waals surface area contributed by atoms with Gasteiger partial charge in [0.15, 0.2) is 0 Å². The summed E-state index contributed by atoms with van der Waals surface area (Å²) in [4.78, 5) is 10.1. The van der Waals surface area contributed by atoms with Crippen LogP contribution in [-0.4, -0.2) is 32.2 Å². The van der Waals surface area contributed by atoms with E-state index >= 15 is 0 Å². The van der Waals surface area contributed by atoms with Crippen molar-refractivity contribution < 1.29 is 0 Å². The summed E-state index contributed by atoms with van der Waals surface area (Å²) in [5.74, 6) is 0. The summed E-state index contributed by atoms with van der Waals surface area (Å²) < 4.78 is 4.75. The Labute approximate surface area is 326 Å². The second kappa shape index (κ2) is 16.3. The van der Waals surface area contributed by atoms with Crippen molar-refractivity contribution in [2.24, 2.45) is 0 Å². The van der Waals surface area contributed by atoms with E-state index in [2.05, 4.69) is 106 Å². The van der Waals surface area contributed by atoms with Gasteiger partial charge in [0, 0.05) is 68.8 Å². The standard InChI is InChI=1S/C44H42Cl2N6.ClH/c1-29-43-39(37-15-3-5-17-41(37)51(43)27-31-11-9-13-33(45)21-31)23-35(49-29)25-47-19-7-8-20-48-26-36-24-40-38-16-4-6-18-42(38)52(44(40)30(2)50-36)28-32-12-10-14-34(46)22-32;/h3-6,9-18,21-24,47-48H,7-8,19-20,25-28H2,1-2H3;1H. The van der Waals surface area contributed by atoms with Crippen LogP contribution in [0.1, 0.15) is 46.7 Å². The largest absolute Gasteiger partial charge is 0.334 e. The number of unbranched alkanes of at least 4 members (excludes halogenated alkanes) is 1. The minimum absolute atomic E-state index is 0. The zero-order chi connectivity index (χ0) is 35.6. The third kappa shape index (κ3) is 7.80. The molecule has 4 heterocycles. The van der Waals surface area contributed by atoms with Crippen molar-refractivity contribution in [1.29, 1.82) is 0 Å². The second-order valence-electron chi connectivity index (χ2n) is 13.7. The fourth-order valence-electron chi connectivity index (χ4n) is 7.75. The number of benzene rings is 4. The Balaban J connectivity index is 0.00000435. The first-order valence-corrected chi connectivity index (χ1v) is 18.8. The molecule has 0 bridgehead atoms. The molecule has 2 N–H and O–H groups in total. The van der Waals surface area contributed by atoms with Crippen LogP contribution in [-0.2, 0) is 26.2 Å². The topological polar surface area (TPSA) is 59.7 Å². The van der Waals surface area contributed by atoms with E-state index in [0.717, 1.165) is 84.9 Å². The second-order valence-corrected chi connectivity index (χ2v) is 14.6. The van der Waals surface area contributed by atoms with Gasteiger partial charge in [-0.25, -0.2) is 0 Å². The van der Waals surface area contributed by atoms with E-state index in [-0.39, 0.29) is 12.4 Å². The minimum atomic E-state index is 0. The van der Waals surface area contributed by atoms with Crippen molar-refractivity contribution in [1.82, 2.24) is 29.7 Å². The van der Waals surface area contributed by atoms with Crippen LogP contribution in [0.15, 0.2) is 109 Å². The van der Waals surface area contributed by atoms with Gasteiger partial charge in [0.25, 0.3) is 0 Å². The molecule has 0 radical (unpaired) electrons. The molecule has 0 saturated carbocycles. The molecule has 8 rings (SSSR count). The van der Waals surface area contributed by atoms with Crippen LogP contribution >= 0.6 is 35.6 Å². The monoisotopic (exact) mass is 760 g/mol. The van der Waals surface area contributed by atoms with E-state index < -0.39 is 0 Å². The normalized spacial score (nSPS) is 11.6. The predicted octanol–water partition coefficient (Wildman–Crippen LogP) is 10.8. The average Bonchev–Trinajstić information content (AvgIpc) is 3.62. The van der Waals surface area contributed by atoms with Crippen molar-refractivity contribution in [3.05, 3.63) is 153 Å². The molecule has 0 spiro atoms. The van der Waals surface area contributed by atoms with Gasteiger partial charge in [-0.15, -0.1) is 12.4 Å². The molecule has 0 atom stereocenters. The molecule has 0 aliphatic carbocycles. The van der Waals surface area contributed by atoms with Gasteiger partial charge in [-0.3, -0.25) is 9.97 Å². The van der Waals surface area contributed by atoms with Gasteiger partial charge in [-0.05, 0) is 99.4 Å². The Bertz CT molecular complexity index is 2380. The zero-order valence-electron chi connectivity index (χ0n) is 30.0. The molecular formula is C44H43Cl3N6. The van der Waals surface area contributed by atoms with Gasteiger partial charge >= 0.3 is 0 Å². The summed E-state index contributed by atoms with van der Waals surface area (Å²) in [6.07, 6.45) is 2.16. The molecule has 0 amide bonds. The molecule has 270 valence electrons. The summed E-state index contributed by atoms with van der Waals surface area (Å²) in [7, 11) is 0. The van der Waals surface area contributed by atoms with Gasteiger partial charge < -0.3 is 19.8 Å². The van der Waals surface area contributed by atoms with E-state index in [9.17, 15) is 0 Å². The molecule has 9 heteroatoms. The smallest absolute Gasteiger partial charge is 0.0711 e. The molecule has 53 heavy (non-hydrogen) atoms. The molecule has 4 aromatic carbocycles. The number of pyridine rings is 2. The Morgan fingerprint density at radius 1 is 0.528 bits per heavy atom. The van der Waals surface area contributed by atoms with E-state index in [1.165, 1.54) is 54.7 Å². The van der Waals surface area contributed by atoms with E-state index in [1.807, 2.05) is 36.4 Å². The fourth-order valence-corrected chi connectivity index (χ4v) is 8.17. The number of halogens is 3. The summed E-state index contributed by atoms with van der Waals surface area (Å²) in [5, 5.41) is 13.8. The molecule has 0 aliphatic rings. The van der Waals surface area contributed by atoms with Crippen LogP contribution in [0, 0.1) is 13.8 Å². The fraction of sp³-hybridized carbons (Fsp3) is 0.227. The first-order chi connectivity index (χ1) is 25.4. The Morgan fingerprint density at radius 2 is 0.962 bits per heavy atom. The molecule has 8 aromatic rings. The van der Waals surface area contributed by atoms with Crippen molar-refractivity contribution in [2.45, 2.75) is 52.9 Å². The molecule has 0 aliphatic heterocycles. The number of nitrogens with zero attached hydrogens (tertiary/aromatic N) is 4. The van der Waals surface area contributed by atoms with Gasteiger partial charge in [0.05, 0.1) is 33.8 Å². The van der Waals surface area contributed by atoms with Crippen molar-refractivity contribution in [2.75, 3.05) is 13.1 Å². The molecule has 4 aromatic heterocycles.